The van der Waals surface area contributed by atoms with Crippen LogP contribution in [0.1, 0.15) is 32.3 Å². The van der Waals surface area contributed by atoms with Gasteiger partial charge in [0.2, 0.25) is 5.91 Å². The van der Waals surface area contributed by atoms with Gasteiger partial charge in [-0.3, -0.25) is 18.7 Å². The number of hydrogen-bond acceptors (Lipinski definition) is 3. The maximum absolute atomic E-state index is 12.3. The molecular weight excluding hydrogens is 354 g/mol. The Kier molecular flexibility index (Phi) is 6.42. The first-order valence-electron chi connectivity index (χ1n) is 8.62. The molecule has 0 aliphatic rings. The average molecular weight is 378 g/mol. The van der Waals surface area contributed by atoms with Crippen LogP contribution in [0.4, 0.5) is 0 Å². The van der Waals surface area contributed by atoms with Crippen LogP contribution >= 0.6 is 11.6 Å². The summed E-state index contributed by atoms with van der Waals surface area (Å²) >= 11 is 5.98. The van der Waals surface area contributed by atoms with Crippen molar-refractivity contribution in [1.82, 2.24) is 14.5 Å². The molecule has 0 bridgehead atoms. The first-order valence-corrected chi connectivity index (χ1v) is 9.00. The molecule has 0 radical (unpaired) electrons. The maximum Gasteiger partial charge on any atom is 0.331 e. The molecule has 0 spiro atoms. The van der Waals surface area contributed by atoms with Gasteiger partial charge in [-0.2, -0.15) is 0 Å². The molecule has 1 N–H and O–H groups in total. The molecular formula is C19H24ClN3O3. The molecule has 7 heteroatoms. The SMILES string of the molecule is CCC(CC)(CNC(=O)Cn1ccc(=O)n(C)c1=O)c1ccc(Cl)cc1. The van der Waals surface area contributed by atoms with Crippen molar-refractivity contribution in [3.05, 3.63) is 68.0 Å². The van der Waals surface area contributed by atoms with Crippen LogP contribution in [0.5, 0.6) is 0 Å². The molecule has 0 unspecified atom stereocenters. The number of amides is 1. The number of rotatable bonds is 7. The van der Waals surface area contributed by atoms with Crippen molar-refractivity contribution in [3.8, 4) is 0 Å². The Balaban J connectivity index is 2.13. The second-order valence-corrected chi connectivity index (χ2v) is 6.83. The van der Waals surface area contributed by atoms with Crippen LogP contribution in [0.2, 0.25) is 5.02 Å². The van der Waals surface area contributed by atoms with E-state index in [0.29, 0.717) is 11.6 Å². The summed E-state index contributed by atoms with van der Waals surface area (Å²) < 4.78 is 2.20. The number of hydrogen-bond donors (Lipinski definition) is 1. The van der Waals surface area contributed by atoms with Crippen molar-refractivity contribution in [2.24, 2.45) is 7.05 Å². The molecule has 1 heterocycles. The van der Waals surface area contributed by atoms with Crippen LogP contribution in [0.25, 0.3) is 0 Å². The third kappa shape index (κ3) is 4.25. The van der Waals surface area contributed by atoms with E-state index in [2.05, 4.69) is 19.2 Å². The van der Waals surface area contributed by atoms with Crippen molar-refractivity contribution in [1.29, 1.82) is 0 Å². The topological polar surface area (TPSA) is 73.1 Å². The Morgan fingerprint density at radius 1 is 1.12 bits per heavy atom. The highest BCUT2D eigenvalue weighted by molar-refractivity contribution is 6.30. The van der Waals surface area contributed by atoms with Crippen molar-refractivity contribution in [3.63, 3.8) is 0 Å². The van der Waals surface area contributed by atoms with E-state index in [9.17, 15) is 14.4 Å². The van der Waals surface area contributed by atoms with Crippen molar-refractivity contribution < 1.29 is 4.79 Å². The average Bonchev–Trinajstić information content (AvgIpc) is 2.64. The highest BCUT2D eigenvalue weighted by Gasteiger charge is 2.29. The number of aromatic nitrogens is 2. The summed E-state index contributed by atoms with van der Waals surface area (Å²) in [5.74, 6) is -0.272. The first-order chi connectivity index (χ1) is 12.3. The van der Waals surface area contributed by atoms with Crippen LogP contribution in [0.3, 0.4) is 0 Å². The monoisotopic (exact) mass is 377 g/mol. The molecule has 2 rings (SSSR count). The Morgan fingerprint density at radius 3 is 2.31 bits per heavy atom. The standard InChI is InChI=1S/C19H24ClN3O3/c1-4-19(5-2,14-6-8-15(20)9-7-14)13-21-16(24)12-23-11-10-17(25)22(3)18(23)26/h6-11H,4-5,12-13H2,1-3H3,(H,21,24). The summed E-state index contributed by atoms with van der Waals surface area (Å²) in [5, 5.41) is 3.60. The molecule has 0 saturated heterocycles. The summed E-state index contributed by atoms with van der Waals surface area (Å²) in [6.07, 6.45) is 3.05. The number of nitrogens with zero attached hydrogens (tertiary/aromatic N) is 2. The van der Waals surface area contributed by atoms with E-state index in [-0.39, 0.29) is 17.9 Å². The number of carbonyl (C=O) groups is 1. The third-order valence-corrected chi connectivity index (χ3v) is 5.26. The smallest absolute Gasteiger partial charge is 0.331 e. The van der Waals surface area contributed by atoms with E-state index in [1.54, 1.807) is 0 Å². The van der Waals surface area contributed by atoms with E-state index >= 15 is 0 Å². The van der Waals surface area contributed by atoms with Gasteiger partial charge in [-0.25, -0.2) is 4.79 Å². The molecule has 0 aliphatic carbocycles. The largest absolute Gasteiger partial charge is 0.354 e. The van der Waals surface area contributed by atoms with Crippen LogP contribution in [0, 0.1) is 0 Å². The van der Waals surface area contributed by atoms with E-state index in [1.165, 1.54) is 23.9 Å². The van der Waals surface area contributed by atoms with Gasteiger partial charge in [0, 0.05) is 36.3 Å². The molecule has 0 saturated carbocycles. The van der Waals surface area contributed by atoms with Gasteiger partial charge in [0.25, 0.3) is 5.56 Å². The van der Waals surface area contributed by atoms with Gasteiger partial charge in [0.1, 0.15) is 6.54 Å². The fraction of sp³-hybridized carbons (Fsp3) is 0.421. The highest BCUT2D eigenvalue weighted by Crippen LogP contribution is 2.31. The zero-order chi connectivity index (χ0) is 19.3. The fourth-order valence-electron chi connectivity index (χ4n) is 3.03. The lowest BCUT2D eigenvalue weighted by Crippen LogP contribution is -2.44. The molecule has 26 heavy (non-hydrogen) atoms. The second-order valence-electron chi connectivity index (χ2n) is 6.39. The van der Waals surface area contributed by atoms with Gasteiger partial charge in [-0.1, -0.05) is 37.6 Å². The van der Waals surface area contributed by atoms with Gasteiger partial charge in [0.05, 0.1) is 0 Å². The van der Waals surface area contributed by atoms with Crippen LogP contribution in [-0.2, 0) is 23.8 Å². The minimum atomic E-state index is -0.511. The van der Waals surface area contributed by atoms with Crippen LogP contribution < -0.4 is 16.6 Å². The lowest BCUT2D eigenvalue weighted by molar-refractivity contribution is -0.122. The Bertz CT molecular complexity index is 880. The lowest BCUT2D eigenvalue weighted by Gasteiger charge is -2.32. The predicted octanol–water partition coefficient (Wildman–Crippen LogP) is 2.07. The zero-order valence-corrected chi connectivity index (χ0v) is 16.0. The first kappa shape index (κ1) is 20.0. The number of benzene rings is 1. The summed E-state index contributed by atoms with van der Waals surface area (Å²) in [7, 11) is 1.39. The predicted molar refractivity (Wildman–Crippen MR) is 103 cm³/mol. The Morgan fingerprint density at radius 2 is 1.73 bits per heavy atom. The fourth-order valence-corrected chi connectivity index (χ4v) is 3.15. The van der Waals surface area contributed by atoms with Gasteiger partial charge in [0.15, 0.2) is 0 Å². The Hall–Kier alpha value is -2.34. The second kappa shape index (κ2) is 8.36. The summed E-state index contributed by atoms with van der Waals surface area (Å²) in [6, 6.07) is 8.94. The van der Waals surface area contributed by atoms with E-state index < -0.39 is 11.2 Å². The quantitative estimate of drug-likeness (QED) is 0.802. The minimum absolute atomic E-state index is 0.128. The normalized spacial score (nSPS) is 11.4. The molecule has 0 fully saturated rings. The molecule has 2 aromatic rings. The Labute approximate surface area is 157 Å². The van der Waals surface area contributed by atoms with E-state index in [4.69, 9.17) is 11.6 Å². The van der Waals surface area contributed by atoms with Gasteiger partial charge in [-0.05, 0) is 30.5 Å². The maximum atomic E-state index is 12.3. The molecule has 0 atom stereocenters. The summed E-state index contributed by atoms with van der Waals surface area (Å²) in [6.45, 7) is 4.50. The molecule has 0 aliphatic heterocycles. The van der Waals surface area contributed by atoms with Crippen LogP contribution in [0.15, 0.2) is 46.1 Å². The molecule has 1 aromatic heterocycles. The van der Waals surface area contributed by atoms with E-state index in [1.807, 2.05) is 24.3 Å². The van der Waals surface area contributed by atoms with Crippen molar-refractivity contribution >= 4 is 17.5 Å². The van der Waals surface area contributed by atoms with Crippen LogP contribution in [-0.4, -0.2) is 21.6 Å². The van der Waals surface area contributed by atoms with Gasteiger partial charge < -0.3 is 5.32 Å². The number of halogens is 1. The lowest BCUT2D eigenvalue weighted by atomic mass is 9.76. The summed E-state index contributed by atoms with van der Waals surface area (Å²) in [5.41, 5.74) is 0.00818. The van der Waals surface area contributed by atoms with Crippen molar-refractivity contribution in [2.45, 2.75) is 38.6 Å². The summed E-state index contributed by atoms with van der Waals surface area (Å²) in [4.78, 5) is 35.8. The van der Waals surface area contributed by atoms with Gasteiger partial charge >= 0.3 is 5.69 Å². The molecule has 140 valence electrons. The molecule has 6 nitrogen and oxygen atoms in total. The minimum Gasteiger partial charge on any atom is -0.354 e. The third-order valence-electron chi connectivity index (χ3n) is 5.01. The molecule has 1 amide bonds. The van der Waals surface area contributed by atoms with Gasteiger partial charge in [-0.15, -0.1) is 0 Å². The zero-order valence-electron chi connectivity index (χ0n) is 15.3. The number of nitrogens with one attached hydrogen (secondary N) is 1. The highest BCUT2D eigenvalue weighted by atomic mass is 35.5. The van der Waals surface area contributed by atoms with E-state index in [0.717, 1.165) is 23.0 Å². The number of carbonyl (C=O) groups excluding carboxylic acids is 1. The molecule has 1 aromatic carbocycles. The van der Waals surface area contributed by atoms with Crippen molar-refractivity contribution in [2.75, 3.05) is 6.54 Å².